The van der Waals surface area contributed by atoms with Crippen LogP contribution in [0.1, 0.15) is 79.0 Å². The Hall–Kier alpha value is -5.35. The summed E-state index contributed by atoms with van der Waals surface area (Å²) in [6.45, 7) is 20.9. The number of nitrogens with zero attached hydrogens (tertiary/aromatic N) is 3. The summed E-state index contributed by atoms with van der Waals surface area (Å²) in [5, 5.41) is 0. The van der Waals surface area contributed by atoms with Crippen molar-refractivity contribution in [2.45, 2.75) is 78.6 Å². The number of benzene rings is 6. The zero-order valence-corrected chi connectivity index (χ0v) is 32.5. The third kappa shape index (κ3) is 5.37. The molecule has 0 aliphatic carbocycles. The highest BCUT2D eigenvalue weighted by Gasteiger charge is 2.46. The Labute approximate surface area is 315 Å². The average molecular weight is 690 g/mol. The molecule has 262 valence electrons. The molecular formula is C49H48BN3. The smallest absolute Gasteiger partial charge is 0.294 e. The van der Waals surface area contributed by atoms with Crippen LogP contribution in [-0.4, -0.2) is 16.3 Å². The fourth-order valence-electron chi connectivity index (χ4n) is 8.39. The molecule has 0 radical (unpaired) electrons. The van der Waals surface area contributed by atoms with Gasteiger partial charge in [-0.1, -0.05) is 147 Å². The van der Waals surface area contributed by atoms with Crippen LogP contribution >= 0.6 is 0 Å². The maximum atomic E-state index is 5.50. The van der Waals surface area contributed by atoms with Crippen molar-refractivity contribution in [2.24, 2.45) is 0 Å². The van der Waals surface area contributed by atoms with E-state index in [4.69, 9.17) is 4.98 Å². The Kier molecular flexibility index (Phi) is 7.31. The molecular weight excluding hydrogens is 641 g/mol. The van der Waals surface area contributed by atoms with Crippen LogP contribution in [0, 0.1) is 0 Å². The van der Waals surface area contributed by atoms with Crippen LogP contribution in [0.5, 0.6) is 0 Å². The first kappa shape index (κ1) is 33.5. The fraction of sp³-hybridized carbons (Fsp3) is 0.245. The summed E-state index contributed by atoms with van der Waals surface area (Å²) in [7, 11) is 0. The minimum atomic E-state index is -0.0737. The van der Waals surface area contributed by atoms with E-state index in [2.05, 4.69) is 199 Å². The molecule has 0 fully saturated rings. The van der Waals surface area contributed by atoms with Gasteiger partial charge in [0.2, 0.25) is 0 Å². The van der Waals surface area contributed by atoms with Gasteiger partial charge in [0.05, 0.1) is 22.4 Å². The van der Waals surface area contributed by atoms with Crippen LogP contribution in [0.15, 0.2) is 127 Å². The Morgan fingerprint density at radius 3 is 1.70 bits per heavy atom. The molecule has 1 aromatic heterocycles. The lowest BCUT2D eigenvalue weighted by Gasteiger charge is -2.38. The Morgan fingerprint density at radius 1 is 0.472 bits per heavy atom. The van der Waals surface area contributed by atoms with Gasteiger partial charge >= 0.3 is 0 Å². The van der Waals surface area contributed by atoms with Crippen molar-refractivity contribution in [1.29, 1.82) is 0 Å². The molecule has 0 saturated carbocycles. The maximum Gasteiger partial charge on any atom is 0.294 e. The SMILES string of the molecule is CC(C)(C)c1ccc2c(c1)B1c3c(cc(C(C)(C)C)cc3-n3c1nc1ccc(-c4ccccc4)cc13)N2c1ccc(C(C)(C)C)cc1-c1ccccc1. The number of aromatic nitrogens is 2. The van der Waals surface area contributed by atoms with E-state index < -0.39 is 0 Å². The first-order chi connectivity index (χ1) is 25.2. The standard InChI is InChI=1S/C49H48BN3/c1-47(2,3)34-21-24-40(37(27-34)32-18-14-11-15-19-32)52-41-25-22-35(48(4,5)6)28-38(41)50-45-43(52)29-36(49(7,8)9)30-44(45)53-42-26-33(31-16-12-10-13-17-31)20-23-39(42)51-46(50)53/h10-30H,1-9H3. The fourth-order valence-corrected chi connectivity index (χ4v) is 8.39. The molecule has 0 bridgehead atoms. The molecule has 0 spiro atoms. The first-order valence-corrected chi connectivity index (χ1v) is 19.1. The van der Waals surface area contributed by atoms with Gasteiger partial charge in [0, 0.05) is 22.6 Å². The van der Waals surface area contributed by atoms with Gasteiger partial charge in [-0.2, -0.15) is 0 Å². The largest absolute Gasteiger partial charge is 0.311 e. The van der Waals surface area contributed by atoms with Gasteiger partial charge in [-0.3, -0.25) is 0 Å². The number of fused-ring (bicyclic) bond motifs is 7. The number of rotatable bonds is 3. The van der Waals surface area contributed by atoms with Crippen molar-refractivity contribution in [3.8, 4) is 27.9 Å². The lowest BCUT2D eigenvalue weighted by molar-refractivity contribution is 0.589. The quantitative estimate of drug-likeness (QED) is 0.172. The highest BCUT2D eigenvalue weighted by molar-refractivity contribution is 6.99. The summed E-state index contributed by atoms with van der Waals surface area (Å²) < 4.78 is 2.48. The molecule has 7 aromatic rings. The van der Waals surface area contributed by atoms with Gasteiger partial charge < -0.3 is 9.47 Å². The number of anilines is 3. The van der Waals surface area contributed by atoms with Crippen LogP contribution in [0.2, 0.25) is 0 Å². The van der Waals surface area contributed by atoms with Crippen molar-refractivity contribution in [2.75, 3.05) is 4.90 Å². The van der Waals surface area contributed by atoms with Gasteiger partial charge in [-0.15, -0.1) is 0 Å². The summed E-state index contributed by atoms with van der Waals surface area (Å²) in [6.07, 6.45) is 0. The molecule has 4 heteroatoms. The zero-order valence-electron chi connectivity index (χ0n) is 32.5. The van der Waals surface area contributed by atoms with Crippen molar-refractivity contribution in [3.05, 3.63) is 144 Å². The molecule has 3 nitrogen and oxygen atoms in total. The predicted molar refractivity (Wildman–Crippen MR) is 227 cm³/mol. The van der Waals surface area contributed by atoms with E-state index in [0.29, 0.717) is 0 Å². The summed E-state index contributed by atoms with van der Waals surface area (Å²) in [5.41, 5.74) is 19.6. The lowest BCUT2D eigenvalue weighted by Crippen LogP contribution is -2.56. The molecule has 9 rings (SSSR count). The van der Waals surface area contributed by atoms with Crippen molar-refractivity contribution in [3.63, 3.8) is 0 Å². The summed E-state index contributed by atoms with van der Waals surface area (Å²) in [4.78, 5) is 8.07. The van der Waals surface area contributed by atoms with Gasteiger partial charge in [0.1, 0.15) is 0 Å². The van der Waals surface area contributed by atoms with E-state index in [1.54, 1.807) is 0 Å². The third-order valence-corrected chi connectivity index (χ3v) is 11.5. The normalized spacial score (nSPS) is 13.7. The Morgan fingerprint density at radius 2 is 1.06 bits per heavy atom. The number of hydrogen-bond donors (Lipinski definition) is 0. The number of imidazole rings is 1. The highest BCUT2D eigenvalue weighted by Crippen LogP contribution is 2.46. The minimum absolute atomic E-state index is 0.00386. The molecule has 0 amide bonds. The molecule has 2 aliphatic rings. The monoisotopic (exact) mass is 689 g/mol. The first-order valence-electron chi connectivity index (χ1n) is 19.1. The van der Waals surface area contributed by atoms with Gasteiger partial charge in [-0.25, -0.2) is 4.98 Å². The summed E-state index contributed by atoms with van der Waals surface area (Å²) in [6, 6.07) is 47.7. The second-order valence-electron chi connectivity index (χ2n) is 18.2. The van der Waals surface area contributed by atoms with E-state index in [1.807, 2.05) is 0 Å². The van der Waals surface area contributed by atoms with Gasteiger partial charge in [0.25, 0.3) is 6.71 Å². The summed E-state index contributed by atoms with van der Waals surface area (Å²) in [5.74, 6) is 0. The zero-order chi connectivity index (χ0) is 37.0. The average Bonchev–Trinajstić information content (AvgIpc) is 3.66. The molecule has 0 N–H and O–H groups in total. The van der Waals surface area contributed by atoms with E-state index >= 15 is 0 Å². The minimum Gasteiger partial charge on any atom is -0.311 e. The van der Waals surface area contributed by atoms with Crippen LogP contribution in [0.3, 0.4) is 0 Å². The van der Waals surface area contributed by atoms with Crippen LogP contribution in [0.25, 0.3) is 39.0 Å². The molecule has 0 unspecified atom stereocenters. The second kappa shape index (κ2) is 11.6. The van der Waals surface area contributed by atoms with Crippen molar-refractivity contribution >= 4 is 51.5 Å². The maximum absolute atomic E-state index is 5.50. The lowest BCUT2D eigenvalue weighted by atomic mass is 9.38. The molecule has 6 aromatic carbocycles. The Bertz CT molecular complexity index is 2560. The van der Waals surface area contributed by atoms with Crippen LogP contribution < -0.4 is 21.5 Å². The number of hydrogen-bond acceptors (Lipinski definition) is 2. The van der Waals surface area contributed by atoms with Gasteiger partial charge in [0.15, 0.2) is 0 Å². The van der Waals surface area contributed by atoms with E-state index in [-0.39, 0.29) is 23.0 Å². The van der Waals surface area contributed by atoms with Crippen molar-refractivity contribution in [1.82, 2.24) is 9.55 Å². The summed E-state index contributed by atoms with van der Waals surface area (Å²) >= 11 is 0. The molecule has 0 atom stereocenters. The van der Waals surface area contributed by atoms with E-state index in [9.17, 15) is 0 Å². The Balaban J connectivity index is 1.39. The van der Waals surface area contributed by atoms with Crippen molar-refractivity contribution < 1.29 is 0 Å². The van der Waals surface area contributed by atoms with Crippen LogP contribution in [0.4, 0.5) is 17.1 Å². The molecule has 3 heterocycles. The topological polar surface area (TPSA) is 21.1 Å². The highest BCUT2D eigenvalue weighted by atomic mass is 15.2. The van der Waals surface area contributed by atoms with E-state index in [1.165, 1.54) is 72.6 Å². The van der Waals surface area contributed by atoms with E-state index in [0.717, 1.165) is 16.8 Å². The second-order valence-corrected chi connectivity index (χ2v) is 18.2. The molecule has 0 saturated heterocycles. The third-order valence-electron chi connectivity index (χ3n) is 11.5. The van der Waals surface area contributed by atoms with Gasteiger partial charge in [-0.05, 0) is 103 Å². The predicted octanol–water partition coefficient (Wildman–Crippen LogP) is 10.9. The van der Waals surface area contributed by atoms with Crippen LogP contribution in [-0.2, 0) is 16.2 Å². The molecule has 2 aliphatic heterocycles. The molecule has 53 heavy (non-hydrogen) atoms.